The second-order valence-corrected chi connectivity index (χ2v) is 6.21. The van der Waals surface area contributed by atoms with Crippen molar-refractivity contribution in [1.82, 2.24) is 4.31 Å². The fourth-order valence-corrected chi connectivity index (χ4v) is 2.70. The van der Waals surface area contributed by atoms with Gasteiger partial charge in [0.15, 0.2) is 0 Å². The van der Waals surface area contributed by atoms with Gasteiger partial charge in [-0.25, -0.2) is 12.7 Å². The number of carboxylic acid groups (broad SMARTS) is 1. The standard InChI is InChI=1S/C12H14N2O4S/c1-9(12(15)16)8-14(2)19(17,18)11-5-3-10(7-13)4-6-11/h3-6,9H,8H2,1-2H3,(H,15,16). The Kier molecular flexibility index (Phi) is 4.64. The van der Waals surface area contributed by atoms with Gasteiger partial charge in [-0.15, -0.1) is 0 Å². The van der Waals surface area contributed by atoms with E-state index >= 15 is 0 Å². The van der Waals surface area contributed by atoms with Crippen molar-refractivity contribution < 1.29 is 18.3 Å². The zero-order valence-electron chi connectivity index (χ0n) is 10.6. The number of nitrogens with zero attached hydrogens (tertiary/aromatic N) is 2. The summed E-state index contributed by atoms with van der Waals surface area (Å²) in [4.78, 5) is 10.8. The monoisotopic (exact) mass is 282 g/mol. The lowest BCUT2D eigenvalue weighted by atomic mass is 10.2. The van der Waals surface area contributed by atoms with Crippen LogP contribution in [0.3, 0.4) is 0 Å². The van der Waals surface area contributed by atoms with Crippen LogP contribution >= 0.6 is 0 Å². The summed E-state index contributed by atoms with van der Waals surface area (Å²) in [7, 11) is -2.41. The molecule has 0 spiro atoms. The van der Waals surface area contributed by atoms with Gasteiger partial charge in [-0.3, -0.25) is 4.79 Å². The van der Waals surface area contributed by atoms with Crippen molar-refractivity contribution in [3.63, 3.8) is 0 Å². The number of carbonyl (C=O) groups is 1. The van der Waals surface area contributed by atoms with Crippen LogP contribution in [0.5, 0.6) is 0 Å². The molecule has 0 aliphatic heterocycles. The van der Waals surface area contributed by atoms with E-state index in [1.54, 1.807) is 0 Å². The van der Waals surface area contributed by atoms with Crippen molar-refractivity contribution in [3.05, 3.63) is 29.8 Å². The van der Waals surface area contributed by atoms with Crippen molar-refractivity contribution >= 4 is 16.0 Å². The number of sulfonamides is 1. The first-order valence-corrected chi connectivity index (χ1v) is 6.92. The SMILES string of the molecule is CC(CN(C)S(=O)(=O)c1ccc(C#N)cc1)C(=O)O. The number of hydrogen-bond acceptors (Lipinski definition) is 4. The summed E-state index contributed by atoms with van der Waals surface area (Å²) in [6.07, 6.45) is 0. The van der Waals surface area contributed by atoms with Crippen LogP contribution < -0.4 is 0 Å². The Morgan fingerprint density at radius 1 is 1.42 bits per heavy atom. The van der Waals surface area contributed by atoms with Crippen molar-refractivity contribution in [2.75, 3.05) is 13.6 Å². The van der Waals surface area contributed by atoms with E-state index in [9.17, 15) is 13.2 Å². The molecular formula is C12H14N2O4S. The summed E-state index contributed by atoms with van der Waals surface area (Å²) >= 11 is 0. The molecule has 1 atom stereocenters. The molecule has 1 aromatic rings. The molecule has 0 saturated heterocycles. The van der Waals surface area contributed by atoms with E-state index in [1.165, 1.54) is 38.2 Å². The topological polar surface area (TPSA) is 98.5 Å². The molecule has 102 valence electrons. The summed E-state index contributed by atoms with van der Waals surface area (Å²) in [5.41, 5.74) is 0.362. The Labute approximate surface area is 111 Å². The Hall–Kier alpha value is -1.91. The van der Waals surface area contributed by atoms with Gasteiger partial charge < -0.3 is 5.11 Å². The van der Waals surface area contributed by atoms with Gasteiger partial charge >= 0.3 is 5.97 Å². The molecule has 0 aliphatic carbocycles. The zero-order chi connectivity index (χ0) is 14.6. The minimum Gasteiger partial charge on any atom is -0.481 e. The highest BCUT2D eigenvalue weighted by Gasteiger charge is 2.24. The number of rotatable bonds is 5. The molecule has 0 bridgehead atoms. The molecule has 6 nitrogen and oxygen atoms in total. The second kappa shape index (κ2) is 5.82. The zero-order valence-corrected chi connectivity index (χ0v) is 11.4. The van der Waals surface area contributed by atoms with Crippen LogP contribution in [0.1, 0.15) is 12.5 Å². The van der Waals surface area contributed by atoms with Crippen LogP contribution in [0, 0.1) is 17.2 Å². The quantitative estimate of drug-likeness (QED) is 0.865. The van der Waals surface area contributed by atoms with Crippen molar-refractivity contribution in [2.24, 2.45) is 5.92 Å². The third-order valence-electron chi connectivity index (χ3n) is 2.64. The number of aliphatic carboxylic acids is 1. The summed E-state index contributed by atoms with van der Waals surface area (Å²) in [6, 6.07) is 7.36. The van der Waals surface area contributed by atoms with Crippen molar-refractivity contribution in [2.45, 2.75) is 11.8 Å². The number of carboxylic acids is 1. The molecule has 19 heavy (non-hydrogen) atoms. The summed E-state index contributed by atoms with van der Waals surface area (Å²) < 4.78 is 25.3. The Morgan fingerprint density at radius 2 is 1.95 bits per heavy atom. The Morgan fingerprint density at radius 3 is 2.37 bits per heavy atom. The molecule has 1 N–H and O–H groups in total. The maximum atomic E-state index is 12.1. The highest BCUT2D eigenvalue weighted by Crippen LogP contribution is 2.16. The number of nitriles is 1. The highest BCUT2D eigenvalue weighted by molar-refractivity contribution is 7.89. The molecule has 0 saturated carbocycles. The predicted molar refractivity (Wildman–Crippen MR) is 67.8 cm³/mol. The van der Waals surface area contributed by atoms with E-state index in [0.29, 0.717) is 5.56 Å². The van der Waals surface area contributed by atoms with Gasteiger partial charge in [0.25, 0.3) is 0 Å². The molecule has 0 fully saturated rings. The highest BCUT2D eigenvalue weighted by atomic mass is 32.2. The van der Waals surface area contributed by atoms with E-state index in [1.807, 2.05) is 6.07 Å². The Bertz CT molecular complexity index is 602. The molecule has 0 aliphatic rings. The van der Waals surface area contributed by atoms with Crippen LogP contribution in [-0.4, -0.2) is 37.4 Å². The van der Waals surface area contributed by atoms with E-state index in [0.717, 1.165) is 4.31 Å². The third-order valence-corrected chi connectivity index (χ3v) is 4.48. The predicted octanol–water partition coefficient (Wildman–Crippen LogP) is 0.899. The lowest BCUT2D eigenvalue weighted by Crippen LogP contribution is -2.33. The summed E-state index contributed by atoms with van der Waals surface area (Å²) in [5, 5.41) is 17.4. The molecule has 1 aromatic carbocycles. The molecular weight excluding hydrogens is 268 g/mol. The molecule has 0 aromatic heterocycles. The first-order chi connectivity index (χ1) is 8.78. The maximum Gasteiger partial charge on any atom is 0.307 e. The normalized spacial score (nSPS) is 12.9. The summed E-state index contributed by atoms with van der Waals surface area (Å²) in [6.45, 7) is 1.32. The van der Waals surface area contributed by atoms with Gasteiger partial charge in [-0.05, 0) is 24.3 Å². The van der Waals surface area contributed by atoms with E-state index in [2.05, 4.69) is 0 Å². The van der Waals surface area contributed by atoms with E-state index in [-0.39, 0.29) is 11.4 Å². The molecule has 7 heteroatoms. The van der Waals surface area contributed by atoms with Crippen LogP contribution in [0.25, 0.3) is 0 Å². The average Bonchev–Trinajstić information content (AvgIpc) is 2.38. The first kappa shape index (κ1) is 15.1. The lowest BCUT2D eigenvalue weighted by Gasteiger charge is -2.19. The van der Waals surface area contributed by atoms with Gasteiger partial charge in [-0.1, -0.05) is 6.92 Å². The summed E-state index contributed by atoms with van der Waals surface area (Å²) in [5.74, 6) is -1.85. The van der Waals surface area contributed by atoms with E-state index in [4.69, 9.17) is 10.4 Å². The van der Waals surface area contributed by atoms with Crippen LogP contribution in [0.2, 0.25) is 0 Å². The van der Waals surface area contributed by atoms with Gasteiger partial charge in [0.1, 0.15) is 0 Å². The minimum atomic E-state index is -3.73. The van der Waals surface area contributed by atoms with Crippen molar-refractivity contribution in [3.8, 4) is 6.07 Å². The van der Waals surface area contributed by atoms with Gasteiger partial charge in [0.05, 0.1) is 22.4 Å². The lowest BCUT2D eigenvalue weighted by molar-refractivity contribution is -0.141. The van der Waals surface area contributed by atoms with Gasteiger partial charge in [-0.2, -0.15) is 5.26 Å². The smallest absolute Gasteiger partial charge is 0.307 e. The molecule has 1 rings (SSSR count). The maximum absolute atomic E-state index is 12.1. The third kappa shape index (κ3) is 3.53. The molecule has 0 amide bonds. The van der Waals surface area contributed by atoms with Gasteiger partial charge in [0.2, 0.25) is 10.0 Å². The molecule has 0 radical (unpaired) electrons. The van der Waals surface area contributed by atoms with Crippen LogP contribution in [0.15, 0.2) is 29.2 Å². The molecule has 1 unspecified atom stereocenters. The van der Waals surface area contributed by atoms with E-state index < -0.39 is 21.9 Å². The average molecular weight is 282 g/mol. The fourth-order valence-electron chi connectivity index (χ4n) is 1.44. The fraction of sp³-hybridized carbons (Fsp3) is 0.333. The Balaban J connectivity index is 2.96. The van der Waals surface area contributed by atoms with Crippen LogP contribution in [-0.2, 0) is 14.8 Å². The first-order valence-electron chi connectivity index (χ1n) is 5.48. The van der Waals surface area contributed by atoms with Gasteiger partial charge in [0, 0.05) is 13.6 Å². The second-order valence-electron chi connectivity index (χ2n) is 4.16. The van der Waals surface area contributed by atoms with Crippen LogP contribution in [0.4, 0.5) is 0 Å². The van der Waals surface area contributed by atoms with Crippen molar-refractivity contribution in [1.29, 1.82) is 5.26 Å². The largest absolute Gasteiger partial charge is 0.481 e. The number of benzene rings is 1. The minimum absolute atomic E-state index is 0.0339. The number of hydrogen-bond donors (Lipinski definition) is 1. The molecule has 0 heterocycles.